The highest BCUT2D eigenvalue weighted by Crippen LogP contribution is 2.26. The van der Waals surface area contributed by atoms with Crippen molar-refractivity contribution >= 4 is 22.6 Å². The smallest absolute Gasteiger partial charge is 0.333 e. The molecule has 0 fully saturated rings. The van der Waals surface area contributed by atoms with Gasteiger partial charge in [0.15, 0.2) is 16.6 Å². The molecule has 1 N–H and O–H groups in total. The van der Waals surface area contributed by atoms with E-state index in [2.05, 4.69) is 32.8 Å². The average molecular weight is 425 g/mol. The summed E-state index contributed by atoms with van der Waals surface area (Å²) in [6.07, 6.45) is 2.74. The minimum Gasteiger partial charge on any atom is -0.508 e. The summed E-state index contributed by atoms with van der Waals surface area (Å²) < 4.78 is 17.0. The Hall–Kier alpha value is -1.58. The van der Waals surface area contributed by atoms with Gasteiger partial charge in [0, 0.05) is 11.6 Å². The third-order valence-electron chi connectivity index (χ3n) is 4.49. The van der Waals surface area contributed by atoms with Gasteiger partial charge in [-0.2, -0.15) is 0 Å². The highest BCUT2D eigenvalue weighted by molar-refractivity contribution is 6.84. The van der Waals surface area contributed by atoms with E-state index in [-0.39, 0.29) is 11.7 Å². The standard InChI is InChI=1S/C21H36O5Si2/c1-17(2)21(23)25-11-9-13-28(6,7)26-27(4,5)12-8-10-18-14-19(22)16-20(15-18)24-3/h14-16,22H,1,8-13H2,2-7H3. The highest BCUT2D eigenvalue weighted by Gasteiger charge is 2.32. The maximum Gasteiger partial charge on any atom is 0.333 e. The number of carbonyl (C=O) groups excluding carboxylic acids is 1. The lowest BCUT2D eigenvalue weighted by molar-refractivity contribution is -0.138. The van der Waals surface area contributed by atoms with E-state index in [0.29, 0.717) is 17.9 Å². The number of phenolic OH excluding ortho intramolecular Hbond substituents is 1. The van der Waals surface area contributed by atoms with E-state index in [1.165, 1.54) is 0 Å². The Morgan fingerprint density at radius 2 is 1.68 bits per heavy atom. The van der Waals surface area contributed by atoms with Crippen LogP contribution in [-0.4, -0.2) is 41.4 Å². The first-order valence-electron chi connectivity index (χ1n) is 9.84. The van der Waals surface area contributed by atoms with Crippen LogP contribution in [0.15, 0.2) is 30.4 Å². The summed E-state index contributed by atoms with van der Waals surface area (Å²) in [5, 5.41) is 9.78. The van der Waals surface area contributed by atoms with Gasteiger partial charge in [-0.15, -0.1) is 0 Å². The Morgan fingerprint density at radius 1 is 1.07 bits per heavy atom. The minimum atomic E-state index is -1.80. The second kappa shape index (κ2) is 10.8. The number of hydrogen-bond donors (Lipinski definition) is 1. The van der Waals surface area contributed by atoms with Crippen molar-refractivity contribution in [2.45, 2.75) is 64.5 Å². The van der Waals surface area contributed by atoms with Gasteiger partial charge in [0.05, 0.1) is 13.7 Å². The molecule has 0 bridgehead atoms. The van der Waals surface area contributed by atoms with Crippen LogP contribution in [0.3, 0.4) is 0 Å². The third-order valence-corrected chi connectivity index (χ3v) is 12.0. The molecule has 0 aromatic heterocycles. The fraction of sp³-hybridized carbons (Fsp3) is 0.571. The van der Waals surface area contributed by atoms with Crippen LogP contribution in [0, 0.1) is 0 Å². The lowest BCUT2D eigenvalue weighted by Crippen LogP contribution is -2.44. The molecule has 28 heavy (non-hydrogen) atoms. The summed E-state index contributed by atoms with van der Waals surface area (Å²) in [4.78, 5) is 11.4. The molecule has 5 nitrogen and oxygen atoms in total. The monoisotopic (exact) mass is 424 g/mol. The topological polar surface area (TPSA) is 65.0 Å². The van der Waals surface area contributed by atoms with Crippen LogP contribution in [0.1, 0.15) is 25.3 Å². The number of methoxy groups -OCH3 is 1. The van der Waals surface area contributed by atoms with Crippen molar-refractivity contribution < 1.29 is 23.5 Å². The van der Waals surface area contributed by atoms with Gasteiger partial charge < -0.3 is 18.7 Å². The molecular weight excluding hydrogens is 388 g/mol. The lowest BCUT2D eigenvalue weighted by atomic mass is 10.1. The summed E-state index contributed by atoms with van der Waals surface area (Å²) in [6.45, 7) is 14.7. The molecule has 0 aliphatic heterocycles. The van der Waals surface area contributed by atoms with E-state index in [9.17, 15) is 9.90 Å². The molecule has 0 heterocycles. The molecule has 0 saturated heterocycles. The summed E-state index contributed by atoms with van der Waals surface area (Å²) in [6, 6.07) is 7.42. The van der Waals surface area contributed by atoms with Gasteiger partial charge in [-0.25, -0.2) is 4.79 Å². The van der Waals surface area contributed by atoms with Crippen LogP contribution in [0.25, 0.3) is 0 Å². The Labute approximate surface area is 172 Å². The molecule has 1 aromatic carbocycles. The minimum absolute atomic E-state index is 0.239. The Morgan fingerprint density at radius 3 is 2.25 bits per heavy atom. The Bertz CT molecular complexity index is 671. The first-order chi connectivity index (χ1) is 12.9. The second-order valence-electron chi connectivity index (χ2n) is 8.53. The average Bonchev–Trinajstić information content (AvgIpc) is 2.56. The van der Waals surface area contributed by atoms with E-state index < -0.39 is 16.6 Å². The van der Waals surface area contributed by atoms with Gasteiger partial charge in [0.1, 0.15) is 11.5 Å². The molecule has 0 spiro atoms. The summed E-state index contributed by atoms with van der Waals surface area (Å²) >= 11 is 0. The van der Waals surface area contributed by atoms with Crippen molar-refractivity contribution in [3.05, 3.63) is 35.9 Å². The van der Waals surface area contributed by atoms with Crippen molar-refractivity contribution in [1.29, 1.82) is 0 Å². The zero-order valence-electron chi connectivity index (χ0n) is 18.3. The van der Waals surface area contributed by atoms with E-state index in [4.69, 9.17) is 13.6 Å². The number of benzene rings is 1. The molecule has 7 heteroatoms. The van der Waals surface area contributed by atoms with E-state index >= 15 is 0 Å². The van der Waals surface area contributed by atoms with Crippen LogP contribution in [0.5, 0.6) is 11.5 Å². The van der Waals surface area contributed by atoms with Crippen molar-refractivity contribution in [2.75, 3.05) is 13.7 Å². The predicted octanol–water partition coefficient (Wildman–Crippen LogP) is 5.27. The highest BCUT2D eigenvalue weighted by atomic mass is 28.4. The number of carbonyl (C=O) groups is 1. The molecule has 0 radical (unpaired) electrons. The van der Waals surface area contributed by atoms with Gasteiger partial charge in [-0.1, -0.05) is 6.58 Å². The molecule has 0 aliphatic rings. The summed E-state index contributed by atoms with van der Waals surface area (Å²) in [5.41, 5.74) is 1.52. The molecule has 0 amide bonds. The van der Waals surface area contributed by atoms with Crippen LogP contribution in [0.2, 0.25) is 38.3 Å². The Balaban J connectivity index is 2.43. The second-order valence-corrected chi connectivity index (χ2v) is 17.4. The normalized spacial score (nSPS) is 11.9. The third kappa shape index (κ3) is 9.57. The van der Waals surface area contributed by atoms with Gasteiger partial charge in [-0.05, 0) is 82.2 Å². The largest absolute Gasteiger partial charge is 0.508 e. The van der Waals surface area contributed by atoms with Crippen molar-refractivity contribution in [2.24, 2.45) is 0 Å². The maximum atomic E-state index is 11.4. The van der Waals surface area contributed by atoms with Gasteiger partial charge in [0.2, 0.25) is 0 Å². The number of rotatable bonds is 12. The van der Waals surface area contributed by atoms with Gasteiger partial charge in [0.25, 0.3) is 0 Å². The van der Waals surface area contributed by atoms with Crippen LogP contribution >= 0.6 is 0 Å². The summed E-state index contributed by atoms with van der Waals surface area (Å²) in [5.74, 6) is 0.602. The first-order valence-corrected chi connectivity index (χ1v) is 16.1. The number of phenols is 1. The molecular formula is C21H36O5Si2. The lowest BCUT2D eigenvalue weighted by Gasteiger charge is -2.34. The quantitative estimate of drug-likeness (QED) is 0.214. The SMILES string of the molecule is C=C(C)C(=O)OCCC[Si](C)(C)O[Si](C)(C)CCCc1cc(O)cc(OC)c1. The molecule has 158 valence electrons. The molecule has 1 aromatic rings. The van der Waals surface area contributed by atoms with Crippen molar-refractivity contribution in [1.82, 2.24) is 0 Å². The predicted molar refractivity (Wildman–Crippen MR) is 119 cm³/mol. The molecule has 0 aliphatic carbocycles. The summed E-state index contributed by atoms with van der Waals surface area (Å²) in [7, 11) is -1.98. The van der Waals surface area contributed by atoms with Crippen molar-refractivity contribution in [3.8, 4) is 11.5 Å². The number of ether oxygens (including phenoxy) is 2. The molecule has 0 atom stereocenters. The van der Waals surface area contributed by atoms with Gasteiger partial charge >= 0.3 is 5.97 Å². The van der Waals surface area contributed by atoms with Gasteiger partial charge in [-0.3, -0.25) is 0 Å². The fourth-order valence-electron chi connectivity index (χ4n) is 3.26. The van der Waals surface area contributed by atoms with Crippen molar-refractivity contribution in [3.63, 3.8) is 0 Å². The molecule has 1 rings (SSSR count). The first kappa shape index (κ1) is 24.5. The molecule has 0 saturated carbocycles. The van der Waals surface area contributed by atoms with E-state index in [1.807, 2.05) is 6.07 Å². The molecule has 0 unspecified atom stereocenters. The Kier molecular flexibility index (Phi) is 9.46. The van der Waals surface area contributed by atoms with Crippen LogP contribution in [-0.2, 0) is 20.1 Å². The van der Waals surface area contributed by atoms with Crippen LogP contribution in [0.4, 0.5) is 0 Å². The number of aromatic hydroxyl groups is 1. The number of esters is 1. The van der Waals surface area contributed by atoms with E-state index in [1.54, 1.807) is 26.2 Å². The maximum absolute atomic E-state index is 11.4. The van der Waals surface area contributed by atoms with E-state index in [0.717, 1.165) is 36.9 Å². The fourth-order valence-corrected chi connectivity index (χ4v) is 12.1. The van der Waals surface area contributed by atoms with Crippen LogP contribution < -0.4 is 4.74 Å². The number of aryl methyl sites for hydroxylation is 1. The number of hydrogen-bond acceptors (Lipinski definition) is 5. The zero-order chi connectivity index (χ0) is 21.4. The zero-order valence-corrected chi connectivity index (χ0v) is 20.3.